The lowest BCUT2D eigenvalue weighted by molar-refractivity contribution is -0.120. The van der Waals surface area contributed by atoms with Gasteiger partial charge in [-0.25, -0.2) is 0 Å². The molecule has 0 amide bonds. The van der Waals surface area contributed by atoms with E-state index >= 15 is 0 Å². The standard InChI is InChI=1S/C7H16OP4/c1-5-3-2-4-6(8)7(5)12(10)11-9/h5,7,11H,2-4,9-10H2,1H3/t5-,7-,12?/m0/s1. The maximum Gasteiger partial charge on any atom is 0.141 e. The van der Waals surface area contributed by atoms with Crippen molar-refractivity contribution in [2.75, 3.05) is 0 Å². The molecule has 1 aliphatic carbocycles. The molecule has 0 aromatic rings. The quantitative estimate of drug-likeness (QED) is 0.676. The average molecular weight is 240 g/mol. The van der Waals surface area contributed by atoms with Gasteiger partial charge >= 0.3 is 0 Å². The highest BCUT2D eigenvalue weighted by Gasteiger charge is 2.32. The first-order valence-electron chi connectivity index (χ1n) is 4.19. The summed E-state index contributed by atoms with van der Waals surface area (Å²) in [5.41, 5.74) is 0.384. The molecule has 0 aliphatic heterocycles. The topological polar surface area (TPSA) is 17.1 Å². The molecule has 12 heavy (non-hydrogen) atoms. The number of rotatable bonds is 2. The fraction of sp³-hybridized carbons (Fsp3) is 0.857. The lowest BCUT2D eigenvalue weighted by Crippen LogP contribution is -2.28. The highest BCUT2D eigenvalue weighted by molar-refractivity contribution is 8.61. The van der Waals surface area contributed by atoms with E-state index in [9.17, 15) is 4.79 Å². The van der Waals surface area contributed by atoms with Crippen molar-refractivity contribution in [3.05, 3.63) is 0 Å². The van der Waals surface area contributed by atoms with Gasteiger partial charge in [-0.05, 0) is 18.8 Å². The Morgan fingerprint density at radius 3 is 2.83 bits per heavy atom. The molecule has 1 fully saturated rings. The summed E-state index contributed by atoms with van der Waals surface area (Å²) in [5, 5.41) is 0. The normalized spacial score (nSPS) is 34.4. The molecule has 0 aromatic carbocycles. The maximum atomic E-state index is 11.6. The van der Waals surface area contributed by atoms with Crippen molar-refractivity contribution >= 4 is 38.9 Å². The van der Waals surface area contributed by atoms with Gasteiger partial charge in [0.05, 0.1) is 0 Å². The summed E-state index contributed by atoms with van der Waals surface area (Å²) in [7, 11) is 6.41. The molecule has 0 aromatic heterocycles. The van der Waals surface area contributed by atoms with Gasteiger partial charge < -0.3 is 0 Å². The number of hydrogen-bond donors (Lipinski definition) is 0. The third-order valence-electron chi connectivity index (χ3n) is 2.40. The Kier molecular flexibility index (Phi) is 5.08. The van der Waals surface area contributed by atoms with Crippen molar-refractivity contribution < 1.29 is 4.79 Å². The zero-order valence-electron chi connectivity index (χ0n) is 7.29. The van der Waals surface area contributed by atoms with E-state index in [-0.39, 0.29) is 7.30 Å². The van der Waals surface area contributed by atoms with Crippen LogP contribution in [0.1, 0.15) is 26.2 Å². The van der Waals surface area contributed by atoms with Crippen LogP contribution in [-0.4, -0.2) is 11.4 Å². The van der Waals surface area contributed by atoms with E-state index in [1.165, 1.54) is 6.42 Å². The van der Waals surface area contributed by atoms with Gasteiger partial charge in [0.25, 0.3) is 0 Å². The summed E-state index contributed by atoms with van der Waals surface area (Å²) < 4.78 is 0. The fourth-order valence-corrected chi connectivity index (χ4v) is 7.53. The lowest BCUT2D eigenvalue weighted by Gasteiger charge is -2.31. The predicted octanol–water partition coefficient (Wildman–Crippen LogP) is 3.40. The smallest absolute Gasteiger partial charge is 0.141 e. The molecule has 0 bridgehead atoms. The number of hydrogen-bond acceptors (Lipinski definition) is 1. The SMILES string of the molecule is C[C@H]1CCCC(=O)[C@H]1P(P)PP. The third-order valence-corrected chi connectivity index (χ3v) is 13.5. The van der Waals surface area contributed by atoms with E-state index < -0.39 is 0 Å². The van der Waals surface area contributed by atoms with Crippen LogP contribution < -0.4 is 0 Å². The van der Waals surface area contributed by atoms with E-state index in [0.29, 0.717) is 17.4 Å². The maximum absolute atomic E-state index is 11.6. The van der Waals surface area contributed by atoms with Gasteiger partial charge in [-0.1, -0.05) is 22.2 Å². The minimum Gasteiger partial charge on any atom is -0.299 e. The Hall–Kier alpha value is 1.39. The average Bonchev–Trinajstić information content (AvgIpc) is 2.03. The van der Waals surface area contributed by atoms with Crippen molar-refractivity contribution in [1.82, 2.24) is 0 Å². The van der Waals surface area contributed by atoms with Crippen LogP contribution in [0.5, 0.6) is 0 Å². The van der Waals surface area contributed by atoms with Gasteiger partial charge in [0.1, 0.15) is 5.78 Å². The Morgan fingerprint density at radius 1 is 1.67 bits per heavy atom. The van der Waals surface area contributed by atoms with E-state index in [1.807, 2.05) is 0 Å². The Balaban J connectivity index is 2.62. The molecule has 6 atom stereocenters. The van der Waals surface area contributed by atoms with E-state index in [1.54, 1.807) is 0 Å². The largest absolute Gasteiger partial charge is 0.299 e. The molecule has 0 N–H and O–H groups in total. The molecule has 1 aliphatic rings. The molecule has 4 unspecified atom stereocenters. The number of ketones is 1. The number of carbonyl (C=O) groups is 1. The molecule has 5 heteroatoms. The van der Waals surface area contributed by atoms with Crippen LogP contribution >= 0.6 is 33.1 Å². The van der Waals surface area contributed by atoms with Crippen LogP contribution in [0.4, 0.5) is 0 Å². The Morgan fingerprint density at radius 2 is 2.33 bits per heavy atom. The minimum atomic E-state index is -0.117. The van der Waals surface area contributed by atoms with Gasteiger partial charge in [0.2, 0.25) is 0 Å². The van der Waals surface area contributed by atoms with Crippen LogP contribution in [-0.2, 0) is 4.79 Å². The van der Waals surface area contributed by atoms with Crippen molar-refractivity contribution in [3.8, 4) is 0 Å². The second-order valence-corrected chi connectivity index (χ2v) is 12.8. The second kappa shape index (κ2) is 5.32. The van der Waals surface area contributed by atoms with Crippen LogP contribution in [0.2, 0.25) is 0 Å². The van der Waals surface area contributed by atoms with Gasteiger partial charge in [0.15, 0.2) is 0 Å². The summed E-state index contributed by atoms with van der Waals surface area (Å²) >= 11 is 0. The first kappa shape index (κ1) is 11.5. The zero-order chi connectivity index (χ0) is 9.14. The monoisotopic (exact) mass is 240 g/mol. The van der Waals surface area contributed by atoms with Crippen LogP contribution in [0.3, 0.4) is 0 Å². The molecule has 1 nitrogen and oxygen atoms in total. The molecule has 1 rings (SSSR count). The molecule has 0 heterocycles. The highest BCUT2D eigenvalue weighted by Crippen LogP contribution is 2.71. The number of carbonyl (C=O) groups excluding carboxylic acids is 1. The van der Waals surface area contributed by atoms with Crippen LogP contribution in [0.15, 0.2) is 0 Å². The van der Waals surface area contributed by atoms with Gasteiger partial charge in [-0.15, -0.1) is 17.9 Å². The fourth-order valence-electron chi connectivity index (χ4n) is 1.73. The van der Waals surface area contributed by atoms with Gasteiger partial charge in [0, 0.05) is 12.1 Å². The summed E-state index contributed by atoms with van der Waals surface area (Å²) in [5.74, 6) is 1.15. The summed E-state index contributed by atoms with van der Waals surface area (Å²) in [6.07, 6.45) is 3.19. The van der Waals surface area contributed by atoms with E-state index in [0.717, 1.165) is 20.8 Å². The summed E-state index contributed by atoms with van der Waals surface area (Å²) in [6, 6.07) is 0. The van der Waals surface area contributed by atoms with Crippen molar-refractivity contribution in [2.24, 2.45) is 5.92 Å². The minimum absolute atomic E-state index is 0.117. The predicted molar refractivity (Wildman–Crippen MR) is 66.5 cm³/mol. The van der Waals surface area contributed by atoms with Crippen molar-refractivity contribution in [3.63, 3.8) is 0 Å². The van der Waals surface area contributed by atoms with Crippen LogP contribution in [0, 0.1) is 5.92 Å². The summed E-state index contributed by atoms with van der Waals surface area (Å²) in [4.78, 5) is 11.6. The Bertz CT molecular complexity index is 169. The highest BCUT2D eigenvalue weighted by atomic mass is 32.6. The second-order valence-electron chi connectivity index (χ2n) is 3.32. The van der Waals surface area contributed by atoms with E-state index in [4.69, 9.17) is 0 Å². The first-order chi connectivity index (χ1) is 5.66. The molecule has 0 radical (unpaired) electrons. The molecular weight excluding hydrogens is 224 g/mol. The molecule has 70 valence electrons. The van der Waals surface area contributed by atoms with Gasteiger partial charge in [-0.2, -0.15) is 0 Å². The molecule has 0 saturated heterocycles. The third kappa shape index (κ3) is 2.69. The van der Waals surface area contributed by atoms with Crippen molar-refractivity contribution in [2.45, 2.75) is 31.8 Å². The first-order valence-corrected chi connectivity index (χ1v) is 10.9. The zero-order valence-corrected chi connectivity index (χ0v) is 11.5. The van der Waals surface area contributed by atoms with E-state index in [2.05, 4.69) is 24.8 Å². The molecule has 0 spiro atoms. The number of Topliss-reactive ketones (excluding diaryl/α,β-unsaturated/α-hetero) is 1. The van der Waals surface area contributed by atoms with Gasteiger partial charge in [-0.3, -0.25) is 4.79 Å². The Labute approximate surface area is 81.8 Å². The lowest BCUT2D eigenvalue weighted by atomic mass is 9.89. The van der Waals surface area contributed by atoms with Crippen molar-refractivity contribution in [1.29, 1.82) is 0 Å². The van der Waals surface area contributed by atoms with Crippen LogP contribution in [0.25, 0.3) is 0 Å². The molecular formula is C7H16OP4. The molecule has 1 saturated carbocycles. The summed E-state index contributed by atoms with van der Waals surface area (Å²) in [6.45, 7) is 2.23.